The molecule has 2 N–H and O–H groups in total. The van der Waals surface area contributed by atoms with Gasteiger partial charge in [0.2, 0.25) is 0 Å². The van der Waals surface area contributed by atoms with Gasteiger partial charge in [0.15, 0.2) is 5.69 Å². The normalized spacial score (nSPS) is 10.4. The van der Waals surface area contributed by atoms with Gasteiger partial charge in [-0.1, -0.05) is 23.7 Å². The van der Waals surface area contributed by atoms with E-state index in [1.165, 1.54) is 18.2 Å². The standard InChI is InChI=1S/C10H6ClFN2O2/c11-8-7(10(15)16)13-9(14-8)5-3-1-2-4-6(5)12/h1-4H,(H,13,14)(H,15,16). The van der Waals surface area contributed by atoms with Crippen LogP contribution >= 0.6 is 11.6 Å². The van der Waals surface area contributed by atoms with Crippen LogP contribution in [0.4, 0.5) is 4.39 Å². The predicted molar refractivity (Wildman–Crippen MR) is 56.0 cm³/mol. The van der Waals surface area contributed by atoms with Gasteiger partial charge >= 0.3 is 5.97 Å². The van der Waals surface area contributed by atoms with Crippen molar-refractivity contribution in [2.45, 2.75) is 0 Å². The molecule has 0 atom stereocenters. The first-order valence-electron chi connectivity index (χ1n) is 4.33. The number of aromatic carboxylic acids is 1. The van der Waals surface area contributed by atoms with E-state index in [4.69, 9.17) is 16.7 Å². The number of carbonyl (C=O) groups is 1. The zero-order chi connectivity index (χ0) is 11.7. The van der Waals surface area contributed by atoms with Gasteiger partial charge in [0.05, 0.1) is 5.56 Å². The van der Waals surface area contributed by atoms with Gasteiger partial charge in [-0.25, -0.2) is 14.2 Å². The minimum atomic E-state index is -1.26. The minimum Gasteiger partial charge on any atom is -0.476 e. The van der Waals surface area contributed by atoms with Crippen molar-refractivity contribution in [1.29, 1.82) is 0 Å². The van der Waals surface area contributed by atoms with Crippen LogP contribution < -0.4 is 0 Å². The molecule has 0 saturated carbocycles. The van der Waals surface area contributed by atoms with Crippen molar-refractivity contribution in [1.82, 2.24) is 9.97 Å². The molecule has 2 rings (SSSR count). The van der Waals surface area contributed by atoms with Crippen molar-refractivity contribution in [3.8, 4) is 11.4 Å². The lowest BCUT2D eigenvalue weighted by molar-refractivity contribution is 0.0691. The number of aromatic nitrogens is 2. The summed E-state index contributed by atoms with van der Waals surface area (Å²) in [6.07, 6.45) is 0. The second-order valence-electron chi connectivity index (χ2n) is 3.03. The molecule has 0 bridgehead atoms. The van der Waals surface area contributed by atoms with Crippen LogP contribution in [0.2, 0.25) is 5.15 Å². The Bertz CT molecular complexity index is 554. The molecule has 0 amide bonds. The molecule has 0 aliphatic rings. The summed E-state index contributed by atoms with van der Waals surface area (Å²) in [5, 5.41) is 8.61. The summed E-state index contributed by atoms with van der Waals surface area (Å²) in [5.74, 6) is -1.66. The summed E-state index contributed by atoms with van der Waals surface area (Å²) >= 11 is 5.62. The van der Waals surface area contributed by atoms with Crippen molar-refractivity contribution >= 4 is 17.6 Å². The predicted octanol–water partition coefficient (Wildman–Crippen LogP) is 2.57. The Hall–Kier alpha value is -1.88. The topological polar surface area (TPSA) is 66.0 Å². The minimum absolute atomic E-state index is 0.0977. The highest BCUT2D eigenvalue weighted by Crippen LogP contribution is 2.23. The largest absolute Gasteiger partial charge is 0.476 e. The van der Waals surface area contributed by atoms with Crippen LogP contribution in [-0.4, -0.2) is 21.0 Å². The Labute approximate surface area is 94.7 Å². The lowest BCUT2D eigenvalue weighted by Gasteiger charge is -1.96. The van der Waals surface area contributed by atoms with Gasteiger partial charge in [-0.05, 0) is 12.1 Å². The summed E-state index contributed by atoms with van der Waals surface area (Å²) in [4.78, 5) is 16.9. The number of carboxylic acid groups (broad SMARTS) is 1. The summed E-state index contributed by atoms with van der Waals surface area (Å²) in [6, 6.07) is 5.89. The smallest absolute Gasteiger partial charge is 0.357 e. The maximum Gasteiger partial charge on any atom is 0.357 e. The second-order valence-corrected chi connectivity index (χ2v) is 3.41. The van der Waals surface area contributed by atoms with Crippen molar-refractivity contribution < 1.29 is 14.3 Å². The van der Waals surface area contributed by atoms with E-state index in [0.717, 1.165) is 0 Å². The van der Waals surface area contributed by atoms with Crippen molar-refractivity contribution in [2.75, 3.05) is 0 Å². The third-order valence-electron chi connectivity index (χ3n) is 1.99. The van der Waals surface area contributed by atoms with E-state index < -0.39 is 11.8 Å². The van der Waals surface area contributed by atoms with E-state index in [9.17, 15) is 9.18 Å². The monoisotopic (exact) mass is 240 g/mol. The Morgan fingerprint density at radius 1 is 1.44 bits per heavy atom. The van der Waals surface area contributed by atoms with E-state index in [1.54, 1.807) is 6.07 Å². The highest BCUT2D eigenvalue weighted by molar-refractivity contribution is 6.32. The molecule has 1 heterocycles. The molecule has 1 aromatic heterocycles. The molecular formula is C10H6ClFN2O2. The highest BCUT2D eigenvalue weighted by Gasteiger charge is 2.17. The molecule has 6 heteroatoms. The first-order valence-corrected chi connectivity index (χ1v) is 4.71. The van der Waals surface area contributed by atoms with E-state index in [-0.39, 0.29) is 22.2 Å². The maximum absolute atomic E-state index is 13.4. The van der Waals surface area contributed by atoms with Crippen LogP contribution in [0.1, 0.15) is 10.5 Å². The van der Waals surface area contributed by atoms with Gasteiger partial charge in [-0.2, -0.15) is 0 Å². The molecule has 0 aliphatic heterocycles. The zero-order valence-corrected chi connectivity index (χ0v) is 8.62. The zero-order valence-electron chi connectivity index (χ0n) is 7.87. The van der Waals surface area contributed by atoms with Crippen molar-refractivity contribution in [2.24, 2.45) is 0 Å². The average molecular weight is 241 g/mol. The van der Waals surface area contributed by atoms with Crippen LogP contribution in [0.3, 0.4) is 0 Å². The van der Waals surface area contributed by atoms with E-state index in [2.05, 4.69) is 9.97 Å². The Morgan fingerprint density at radius 2 is 2.12 bits per heavy atom. The first-order chi connectivity index (χ1) is 7.59. The average Bonchev–Trinajstić information content (AvgIpc) is 2.61. The van der Waals surface area contributed by atoms with E-state index in [0.29, 0.717) is 0 Å². The Morgan fingerprint density at radius 3 is 2.69 bits per heavy atom. The second kappa shape index (κ2) is 3.94. The van der Waals surface area contributed by atoms with E-state index >= 15 is 0 Å². The van der Waals surface area contributed by atoms with Gasteiger partial charge in [0.1, 0.15) is 16.8 Å². The third kappa shape index (κ3) is 1.77. The number of H-pyrrole nitrogens is 1. The molecule has 0 fully saturated rings. The molecule has 4 nitrogen and oxygen atoms in total. The molecular weight excluding hydrogens is 235 g/mol. The highest BCUT2D eigenvalue weighted by atomic mass is 35.5. The Kier molecular flexibility index (Phi) is 2.62. The van der Waals surface area contributed by atoms with Crippen LogP contribution in [-0.2, 0) is 0 Å². The SMILES string of the molecule is O=C(O)c1nc(-c2ccccc2F)[nH]c1Cl. The molecule has 0 radical (unpaired) electrons. The molecule has 1 aromatic carbocycles. The molecule has 0 saturated heterocycles. The summed E-state index contributed by atoms with van der Waals surface area (Å²) < 4.78 is 13.4. The third-order valence-corrected chi connectivity index (χ3v) is 2.26. The van der Waals surface area contributed by atoms with Crippen LogP contribution in [0.25, 0.3) is 11.4 Å². The summed E-state index contributed by atoms with van der Waals surface area (Å²) in [6.45, 7) is 0. The number of aromatic amines is 1. The van der Waals surface area contributed by atoms with Crippen molar-refractivity contribution in [3.05, 3.63) is 40.9 Å². The van der Waals surface area contributed by atoms with Crippen molar-refractivity contribution in [3.63, 3.8) is 0 Å². The Balaban J connectivity index is 2.54. The summed E-state index contributed by atoms with van der Waals surface area (Å²) in [5.41, 5.74) is -0.142. The van der Waals surface area contributed by atoms with Crippen LogP contribution in [0.15, 0.2) is 24.3 Å². The number of nitrogens with zero attached hydrogens (tertiary/aromatic N) is 1. The number of imidazole rings is 1. The maximum atomic E-state index is 13.4. The fourth-order valence-corrected chi connectivity index (χ4v) is 1.49. The number of nitrogens with one attached hydrogen (secondary N) is 1. The number of rotatable bonds is 2. The first kappa shape index (κ1) is 10.6. The molecule has 0 spiro atoms. The summed E-state index contributed by atoms with van der Waals surface area (Å²) in [7, 11) is 0. The molecule has 0 aliphatic carbocycles. The van der Waals surface area contributed by atoms with Gasteiger partial charge in [-0.3, -0.25) is 0 Å². The quantitative estimate of drug-likeness (QED) is 0.848. The fourth-order valence-electron chi connectivity index (χ4n) is 1.27. The van der Waals surface area contributed by atoms with Gasteiger partial charge < -0.3 is 10.1 Å². The fraction of sp³-hybridized carbons (Fsp3) is 0. The van der Waals surface area contributed by atoms with E-state index in [1.807, 2.05) is 0 Å². The van der Waals surface area contributed by atoms with Crippen LogP contribution in [0.5, 0.6) is 0 Å². The lowest BCUT2D eigenvalue weighted by Crippen LogP contribution is -1.97. The molecule has 0 unspecified atom stereocenters. The van der Waals surface area contributed by atoms with Gasteiger partial charge in [-0.15, -0.1) is 0 Å². The van der Waals surface area contributed by atoms with Gasteiger partial charge in [0, 0.05) is 0 Å². The number of hydrogen-bond acceptors (Lipinski definition) is 2. The number of carboxylic acids is 1. The number of benzene rings is 1. The van der Waals surface area contributed by atoms with Crippen LogP contribution in [0, 0.1) is 5.82 Å². The molecule has 2 aromatic rings. The molecule has 82 valence electrons. The van der Waals surface area contributed by atoms with Gasteiger partial charge in [0.25, 0.3) is 0 Å². The molecule has 16 heavy (non-hydrogen) atoms. The number of halogens is 2. The number of hydrogen-bond donors (Lipinski definition) is 2. The lowest BCUT2D eigenvalue weighted by atomic mass is 10.2.